The van der Waals surface area contributed by atoms with Gasteiger partial charge in [0.25, 0.3) is 0 Å². The molecular weight excluding hydrogens is 208 g/mol. The van der Waals surface area contributed by atoms with Gasteiger partial charge in [0.2, 0.25) is 0 Å². The Kier molecular flexibility index (Phi) is 10.5. The Morgan fingerprint density at radius 1 is 1.29 bits per heavy atom. The summed E-state index contributed by atoms with van der Waals surface area (Å²) in [5.41, 5.74) is 1.42. The molecule has 0 aliphatic carbocycles. The largest absolute Gasteiger partial charge is 0.380 e. The van der Waals surface area contributed by atoms with Gasteiger partial charge in [-0.3, -0.25) is 0 Å². The molecule has 0 unspecified atom stereocenters. The predicted octanol–water partition coefficient (Wildman–Crippen LogP) is 3.94. The third-order valence-electron chi connectivity index (χ3n) is 2.81. The zero-order valence-corrected chi connectivity index (χ0v) is 11.2. The Morgan fingerprint density at radius 3 is 2.65 bits per heavy atom. The topological polar surface area (TPSA) is 9.23 Å². The fraction of sp³-hybridized carbons (Fsp3) is 0.625. The van der Waals surface area contributed by atoms with Crippen LogP contribution in [0.25, 0.3) is 0 Å². The fourth-order valence-corrected chi connectivity index (χ4v) is 1.65. The van der Waals surface area contributed by atoms with Gasteiger partial charge in [-0.1, -0.05) is 11.6 Å². The van der Waals surface area contributed by atoms with Crippen LogP contribution in [0, 0.1) is 24.7 Å². The lowest BCUT2D eigenvalue weighted by atomic mass is 10.0. The highest BCUT2D eigenvalue weighted by atomic mass is 16.5. The first kappa shape index (κ1) is 15.8. The number of hydrogen-bond acceptors (Lipinski definition) is 1. The van der Waals surface area contributed by atoms with Crippen molar-refractivity contribution in [3.05, 3.63) is 11.6 Å². The zero-order chi connectivity index (χ0) is 12.9. The minimum atomic E-state index is 0.199. The molecule has 0 aromatic heterocycles. The Hall–Kier alpha value is -1.18. The zero-order valence-electron chi connectivity index (χ0n) is 11.2. The molecule has 0 spiro atoms. The molecule has 17 heavy (non-hydrogen) atoms. The average Bonchev–Trinajstić information content (AvgIpc) is 2.34. The van der Waals surface area contributed by atoms with Gasteiger partial charge in [-0.15, -0.1) is 24.7 Å². The van der Waals surface area contributed by atoms with Crippen molar-refractivity contribution < 1.29 is 4.74 Å². The molecule has 1 heteroatoms. The van der Waals surface area contributed by atoms with E-state index >= 15 is 0 Å². The molecule has 0 N–H and O–H groups in total. The van der Waals surface area contributed by atoms with Gasteiger partial charge in [0.05, 0.1) is 6.10 Å². The summed E-state index contributed by atoms with van der Waals surface area (Å²) in [6, 6.07) is 0. The molecule has 0 aliphatic heterocycles. The highest BCUT2D eigenvalue weighted by Gasteiger charge is 2.04. The second kappa shape index (κ2) is 11.3. The van der Waals surface area contributed by atoms with E-state index in [-0.39, 0.29) is 6.10 Å². The van der Waals surface area contributed by atoms with Crippen molar-refractivity contribution in [1.82, 2.24) is 0 Å². The average molecular weight is 232 g/mol. The highest BCUT2D eigenvalue weighted by molar-refractivity contribution is 4.99. The summed E-state index contributed by atoms with van der Waals surface area (Å²) < 4.78 is 5.31. The van der Waals surface area contributed by atoms with Crippen LogP contribution in [-0.4, -0.2) is 13.2 Å². The lowest BCUT2D eigenvalue weighted by Crippen LogP contribution is -2.09. The van der Waals surface area contributed by atoms with Crippen molar-refractivity contribution in [2.24, 2.45) is 0 Å². The van der Waals surface area contributed by atoms with E-state index in [0.29, 0.717) is 6.42 Å². The molecule has 0 saturated heterocycles. The van der Waals surface area contributed by atoms with Gasteiger partial charge in [-0.25, -0.2) is 0 Å². The van der Waals surface area contributed by atoms with E-state index in [9.17, 15) is 0 Å². The smallest absolute Gasteiger partial charge is 0.0683 e. The summed E-state index contributed by atoms with van der Waals surface area (Å²) in [5.74, 6) is 5.31. The Bertz CT molecular complexity index is 288. The summed E-state index contributed by atoms with van der Waals surface area (Å²) in [4.78, 5) is 0. The Morgan fingerprint density at radius 2 is 2.06 bits per heavy atom. The summed E-state index contributed by atoms with van der Waals surface area (Å²) in [6.07, 6.45) is 20.1. The molecule has 1 nitrogen and oxygen atoms in total. The quantitative estimate of drug-likeness (QED) is 0.332. The minimum Gasteiger partial charge on any atom is -0.380 e. The van der Waals surface area contributed by atoms with E-state index in [4.69, 9.17) is 17.6 Å². The number of unbranched alkanes of at least 4 members (excludes halogenated alkanes) is 3. The molecule has 0 saturated carbocycles. The molecule has 0 aromatic rings. The van der Waals surface area contributed by atoms with Gasteiger partial charge in [-0.2, -0.15) is 0 Å². The minimum absolute atomic E-state index is 0.199. The van der Waals surface area contributed by atoms with E-state index < -0.39 is 0 Å². The molecule has 0 heterocycles. The number of hydrogen-bond donors (Lipinski definition) is 0. The second-order valence-electron chi connectivity index (χ2n) is 4.31. The summed E-state index contributed by atoms with van der Waals surface area (Å²) in [6.45, 7) is 2.17. The van der Waals surface area contributed by atoms with Gasteiger partial charge in [0.1, 0.15) is 0 Å². The molecular formula is C16H24O. The van der Waals surface area contributed by atoms with Gasteiger partial charge < -0.3 is 4.74 Å². The SMILES string of the molecule is C#CCCCC/C=C(\C)CC[C@H](CC#C)OC. The number of rotatable bonds is 9. The van der Waals surface area contributed by atoms with Crippen LogP contribution >= 0.6 is 0 Å². The van der Waals surface area contributed by atoms with Crippen LogP contribution in [0.3, 0.4) is 0 Å². The third-order valence-corrected chi connectivity index (χ3v) is 2.81. The fourth-order valence-electron chi connectivity index (χ4n) is 1.65. The van der Waals surface area contributed by atoms with Crippen LogP contribution in [0.15, 0.2) is 11.6 Å². The lowest BCUT2D eigenvalue weighted by Gasteiger charge is -2.12. The molecule has 0 aromatic carbocycles. The molecule has 0 rings (SSSR count). The number of allylic oxidation sites excluding steroid dienone is 2. The molecule has 94 valence electrons. The van der Waals surface area contributed by atoms with Gasteiger partial charge in [-0.05, 0) is 39.0 Å². The maximum Gasteiger partial charge on any atom is 0.0683 e. The van der Waals surface area contributed by atoms with Crippen LogP contribution < -0.4 is 0 Å². The number of methoxy groups -OCH3 is 1. The van der Waals surface area contributed by atoms with E-state index in [1.165, 1.54) is 12.0 Å². The first-order valence-corrected chi connectivity index (χ1v) is 6.30. The summed E-state index contributed by atoms with van der Waals surface area (Å²) in [5, 5.41) is 0. The summed E-state index contributed by atoms with van der Waals surface area (Å²) in [7, 11) is 1.72. The van der Waals surface area contributed by atoms with Crippen LogP contribution in [0.4, 0.5) is 0 Å². The highest BCUT2D eigenvalue weighted by Crippen LogP contribution is 2.13. The number of terminal acetylenes is 2. The van der Waals surface area contributed by atoms with Crippen molar-refractivity contribution in [2.45, 2.75) is 58.0 Å². The standard InChI is InChI=1S/C16H24O/c1-5-7-8-9-10-12-15(3)13-14-16(17-4)11-6-2/h1-2,12,16H,7-11,13-14H2,3-4H3/b15-12+/t16-/m0/s1. The number of ether oxygens (including phenoxy) is 1. The van der Waals surface area contributed by atoms with E-state index in [1.54, 1.807) is 7.11 Å². The van der Waals surface area contributed by atoms with Crippen LogP contribution in [-0.2, 0) is 4.74 Å². The van der Waals surface area contributed by atoms with E-state index in [2.05, 4.69) is 24.8 Å². The van der Waals surface area contributed by atoms with E-state index in [0.717, 1.165) is 32.1 Å². The predicted molar refractivity (Wildman–Crippen MR) is 74.5 cm³/mol. The molecule has 0 radical (unpaired) electrons. The second-order valence-corrected chi connectivity index (χ2v) is 4.31. The Labute approximate surface area is 107 Å². The monoisotopic (exact) mass is 232 g/mol. The van der Waals surface area contributed by atoms with Crippen molar-refractivity contribution >= 4 is 0 Å². The Balaban J connectivity index is 3.69. The molecule has 0 amide bonds. The maximum absolute atomic E-state index is 5.31. The first-order chi connectivity index (χ1) is 8.24. The lowest BCUT2D eigenvalue weighted by molar-refractivity contribution is 0.0998. The van der Waals surface area contributed by atoms with Crippen molar-refractivity contribution in [3.8, 4) is 24.7 Å². The molecule has 0 aliphatic rings. The maximum atomic E-state index is 5.31. The van der Waals surface area contributed by atoms with Crippen molar-refractivity contribution in [1.29, 1.82) is 0 Å². The normalized spacial score (nSPS) is 12.8. The van der Waals surface area contributed by atoms with Crippen molar-refractivity contribution in [2.75, 3.05) is 7.11 Å². The third kappa shape index (κ3) is 9.73. The van der Waals surface area contributed by atoms with Crippen molar-refractivity contribution in [3.63, 3.8) is 0 Å². The summed E-state index contributed by atoms with van der Waals surface area (Å²) >= 11 is 0. The van der Waals surface area contributed by atoms with Crippen LogP contribution in [0.1, 0.15) is 51.9 Å². The van der Waals surface area contributed by atoms with Crippen LogP contribution in [0.5, 0.6) is 0 Å². The molecule has 0 fully saturated rings. The van der Waals surface area contributed by atoms with Gasteiger partial charge in [0, 0.05) is 20.0 Å². The molecule has 0 bridgehead atoms. The molecule has 1 atom stereocenters. The van der Waals surface area contributed by atoms with Gasteiger partial charge >= 0.3 is 0 Å². The van der Waals surface area contributed by atoms with Crippen LogP contribution in [0.2, 0.25) is 0 Å². The van der Waals surface area contributed by atoms with E-state index in [1.807, 2.05) is 0 Å². The van der Waals surface area contributed by atoms with Gasteiger partial charge in [0.15, 0.2) is 0 Å². The first-order valence-electron chi connectivity index (χ1n) is 6.30.